The van der Waals surface area contributed by atoms with Crippen molar-refractivity contribution in [2.75, 3.05) is 5.73 Å². The number of aromatic nitrogens is 2. The van der Waals surface area contributed by atoms with Crippen molar-refractivity contribution >= 4 is 112 Å². The Labute approximate surface area is 363 Å². The van der Waals surface area contributed by atoms with Crippen molar-refractivity contribution in [3.8, 4) is 0 Å². The maximum atomic E-state index is 12.8. The summed E-state index contributed by atoms with van der Waals surface area (Å²) in [7, 11) is 1.14. The normalized spacial score (nSPS) is 14.5. The number of nitrogens with zero attached hydrogens (tertiary/aromatic N) is 2. The molecular weight excluding hydrogens is 991 g/mol. The zero-order valence-electron chi connectivity index (χ0n) is 29.9. The zero-order chi connectivity index (χ0) is 43.4. The Bertz CT molecular complexity index is 2440. The maximum absolute atomic E-state index is 12.8. The molecule has 0 radical (unpaired) electrons. The number of anilines is 1. The van der Waals surface area contributed by atoms with Gasteiger partial charge in [0.2, 0.25) is 15.1 Å². The number of halogens is 4. The number of fused-ring (bicyclic) bond motifs is 2. The topological polar surface area (TPSA) is 247 Å². The Morgan fingerprint density at radius 1 is 0.776 bits per heavy atom. The summed E-state index contributed by atoms with van der Waals surface area (Å²) in [6.07, 6.45) is 5.37. The number of benzene rings is 4. The molecule has 1 aromatic heterocycles. The Morgan fingerprint density at radius 2 is 1.28 bits per heavy atom. The molecule has 3 heterocycles. The number of carbonyl (C=O) groups excluding carboxylic acids is 1. The van der Waals surface area contributed by atoms with Gasteiger partial charge in [-0.2, -0.15) is 0 Å². The number of aromatic carboxylic acids is 1. The Morgan fingerprint density at radius 3 is 1.76 bits per heavy atom. The average Bonchev–Trinajstić information content (AvgIpc) is 3.73. The smallest absolute Gasteiger partial charge is 0.425 e. The zero-order valence-corrected chi connectivity index (χ0v) is 37.0. The first kappa shape index (κ1) is 49.8. The highest BCUT2D eigenvalue weighted by atomic mass is 79.9. The Balaban J connectivity index is 0.000000277. The lowest BCUT2D eigenvalue weighted by atomic mass is 10.0. The van der Waals surface area contributed by atoms with Gasteiger partial charge in [0.25, 0.3) is 5.56 Å². The highest BCUT2D eigenvalue weighted by molar-refractivity contribution is 9.10. The Kier molecular flexibility index (Phi) is 22.3. The number of amides is 1. The van der Waals surface area contributed by atoms with Crippen molar-refractivity contribution in [2.24, 2.45) is 0 Å². The highest BCUT2D eigenvalue weighted by Crippen LogP contribution is 2.28. The van der Waals surface area contributed by atoms with Crippen molar-refractivity contribution in [3.63, 3.8) is 0 Å². The molecule has 0 saturated carbocycles. The van der Waals surface area contributed by atoms with Gasteiger partial charge in [0, 0.05) is 60.9 Å². The molecule has 2 aliphatic heterocycles. The summed E-state index contributed by atoms with van der Waals surface area (Å²) in [5.74, 6) is 0.104. The minimum absolute atomic E-state index is 0.0888. The number of carboxylic acids is 1. The predicted octanol–water partition coefficient (Wildman–Crippen LogP) is 6.16. The lowest BCUT2D eigenvalue weighted by molar-refractivity contribution is -0.119. The summed E-state index contributed by atoms with van der Waals surface area (Å²) < 4.78 is 63.4. The summed E-state index contributed by atoms with van der Waals surface area (Å²) in [4.78, 5) is 38.9. The fraction of sp³-hybridized carbons (Fsp3) is 0.222. The van der Waals surface area contributed by atoms with Gasteiger partial charge in [0.15, 0.2) is 0 Å². The molecule has 5 aromatic rings. The van der Waals surface area contributed by atoms with E-state index >= 15 is 0 Å². The SMILES string of the molecule is Nc1cc(Br)ccc1C(=O)O.O=C1CCC(Cc2ccccc2)N1.O=S(=O)=O.O=S(=O)=O.O=S(Cl)Cl.O=c1c2ccc(Br)cc2nc2n1C(Cc1ccccc1)CC2. The molecule has 4 aromatic carbocycles. The second-order valence-corrected chi connectivity index (χ2v) is 17.0. The number of hydrogen-bond donors (Lipinski definition) is 3. The quantitative estimate of drug-likeness (QED) is 0.132. The van der Waals surface area contributed by atoms with E-state index in [0.717, 1.165) is 52.4 Å². The molecule has 2 unspecified atom stereocenters. The number of aryl methyl sites for hydroxylation is 1. The van der Waals surface area contributed by atoms with Gasteiger partial charge in [0.05, 0.1) is 16.5 Å². The predicted molar refractivity (Wildman–Crippen MR) is 227 cm³/mol. The summed E-state index contributed by atoms with van der Waals surface area (Å²) in [6, 6.07) is 31.5. The molecule has 310 valence electrons. The van der Waals surface area contributed by atoms with Crippen LogP contribution in [-0.4, -0.2) is 62.0 Å². The lowest BCUT2D eigenvalue weighted by Gasteiger charge is -2.15. The number of nitrogen functional groups attached to an aromatic ring is 1. The second-order valence-electron chi connectivity index (χ2n) is 11.9. The van der Waals surface area contributed by atoms with Crippen LogP contribution in [0, 0.1) is 0 Å². The minimum atomic E-state index is -3.11. The van der Waals surface area contributed by atoms with E-state index in [-0.39, 0.29) is 28.8 Å². The first-order valence-corrected chi connectivity index (χ1v) is 22.9. The number of nitrogens with two attached hydrogens (primary N) is 1. The fourth-order valence-electron chi connectivity index (χ4n) is 5.73. The van der Waals surface area contributed by atoms with E-state index in [0.29, 0.717) is 17.8 Å². The van der Waals surface area contributed by atoms with Crippen molar-refractivity contribution in [1.82, 2.24) is 14.9 Å². The van der Waals surface area contributed by atoms with E-state index in [9.17, 15) is 14.4 Å². The van der Waals surface area contributed by atoms with Gasteiger partial charge in [-0.15, -0.1) is 25.3 Å². The van der Waals surface area contributed by atoms with E-state index in [1.165, 1.54) is 17.2 Å². The van der Waals surface area contributed by atoms with Crippen LogP contribution in [0.1, 0.15) is 52.6 Å². The molecule has 1 amide bonds. The van der Waals surface area contributed by atoms with Crippen LogP contribution in [0.3, 0.4) is 0 Å². The Hall–Kier alpha value is -4.31. The third-order valence-electron chi connectivity index (χ3n) is 7.97. The van der Waals surface area contributed by atoms with E-state index in [1.807, 2.05) is 59.2 Å². The van der Waals surface area contributed by atoms with Gasteiger partial charge >= 0.3 is 27.2 Å². The van der Waals surface area contributed by atoms with E-state index in [4.69, 9.17) is 45.3 Å². The first-order chi connectivity index (χ1) is 27.4. The second kappa shape index (κ2) is 25.9. The van der Waals surface area contributed by atoms with Crippen LogP contribution >= 0.6 is 53.2 Å². The largest absolute Gasteiger partial charge is 0.478 e. The van der Waals surface area contributed by atoms with Gasteiger partial charge in [0.1, 0.15) is 5.82 Å². The number of hydrogen-bond acceptors (Lipinski definition) is 12. The fourth-order valence-corrected chi connectivity index (χ4v) is 6.46. The molecule has 0 bridgehead atoms. The summed E-state index contributed by atoms with van der Waals surface area (Å²) in [6.45, 7) is 0. The third kappa shape index (κ3) is 19.0. The van der Waals surface area contributed by atoms with Gasteiger partial charge in [-0.05, 0) is 73.2 Å². The number of nitrogens with one attached hydrogen (secondary N) is 1. The highest BCUT2D eigenvalue weighted by Gasteiger charge is 2.26. The first-order valence-electron chi connectivity index (χ1n) is 16.5. The number of carbonyl (C=O) groups is 2. The molecule has 0 aliphatic carbocycles. The van der Waals surface area contributed by atoms with E-state index in [2.05, 4.69) is 82.8 Å². The standard InChI is InChI=1S/C18H15BrN2O.C11H13NO.C7H6BrNO2.Cl2OS.2O3S/c19-13-6-8-15-16(11-13)20-17-9-7-14(21(17)18(15)22)10-12-4-2-1-3-5-12;13-11-7-6-10(12-11)8-9-4-2-1-3-5-9;8-4-1-2-5(7(10)11)6(9)3-4;3*1-4(2)3/h1-6,8,11,14H,7,9-10H2;1-5,10H,6-8H2,(H,12,13);1-3H,9H2,(H,10,11);;;. The molecular formula is C36H34Br2Cl2N4O11S3. The van der Waals surface area contributed by atoms with Crippen LogP contribution in [0.15, 0.2) is 111 Å². The van der Waals surface area contributed by atoms with Gasteiger partial charge in [-0.3, -0.25) is 14.2 Å². The average molecular weight is 1030 g/mol. The summed E-state index contributed by atoms with van der Waals surface area (Å²) in [5, 5.41) is 12.2. The molecule has 1 fully saturated rings. The van der Waals surface area contributed by atoms with E-state index in [1.54, 1.807) is 12.1 Å². The summed E-state index contributed by atoms with van der Waals surface area (Å²) in [5.41, 5.74) is 9.25. The summed E-state index contributed by atoms with van der Waals surface area (Å²) >= 11 is 6.62. The third-order valence-corrected chi connectivity index (χ3v) is 8.96. The lowest BCUT2D eigenvalue weighted by Crippen LogP contribution is -2.27. The van der Waals surface area contributed by atoms with Crippen LogP contribution in [0.2, 0.25) is 0 Å². The molecule has 22 heteroatoms. The molecule has 2 aliphatic rings. The van der Waals surface area contributed by atoms with Crippen LogP contribution in [0.25, 0.3) is 10.9 Å². The molecule has 58 heavy (non-hydrogen) atoms. The molecule has 1 saturated heterocycles. The molecule has 15 nitrogen and oxygen atoms in total. The van der Waals surface area contributed by atoms with Crippen molar-refractivity contribution in [3.05, 3.63) is 139 Å². The van der Waals surface area contributed by atoms with Gasteiger partial charge in [-0.1, -0.05) is 92.5 Å². The van der Waals surface area contributed by atoms with Crippen LogP contribution < -0.4 is 16.6 Å². The van der Waals surface area contributed by atoms with Crippen molar-refractivity contribution in [2.45, 2.75) is 50.6 Å². The van der Waals surface area contributed by atoms with Crippen molar-refractivity contribution < 1.29 is 44.2 Å². The van der Waals surface area contributed by atoms with Gasteiger partial charge in [-0.25, -0.2) is 14.0 Å². The van der Waals surface area contributed by atoms with Crippen LogP contribution in [0.4, 0.5) is 5.69 Å². The van der Waals surface area contributed by atoms with Crippen LogP contribution in [0.5, 0.6) is 0 Å². The van der Waals surface area contributed by atoms with E-state index < -0.39 is 36.4 Å². The monoisotopic (exact) mass is 1020 g/mol. The molecule has 0 spiro atoms. The minimum Gasteiger partial charge on any atom is -0.478 e. The van der Waals surface area contributed by atoms with Crippen LogP contribution in [-0.2, 0) is 54.5 Å². The molecule has 2 atom stereocenters. The number of rotatable bonds is 5. The van der Waals surface area contributed by atoms with Gasteiger partial charge < -0.3 is 16.2 Å². The molecule has 4 N–H and O–H groups in total. The maximum Gasteiger partial charge on any atom is 0.425 e. The molecule has 7 rings (SSSR count). The number of carboxylic acid groups (broad SMARTS) is 1. The van der Waals surface area contributed by atoms with Crippen molar-refractivity contribution in [1.29, 1.82) is 0 Å².